The molecule has 0 bridgehead atoms. The molecule has 0 saturated carbocycles. The van der Waals surface area contributed by atoms with Gasteiger partial charge in [-0.15, -0.1) is 0 Å². The van der Waals surface area contributed by atoms with Gasteiger partial charge in [-0.1, -0.05) is 6.92 Å². The first kappa shape index (κ1) is 16.7. The lowest BCUT2D eigenvalue weighted by Crippen LogP contribution is -2.36. The van der Waals surface area contributed by atoms with Gasteiger partial charge < -0.3 is 20.3 Å². The number of nitrogens with one attached hydrogen (secondary N) is 2. The number of aromatic nitrogens is 2. The maximum absolute atomic E-state index is 12.6. The fraction of sp³-hybridized carbons (Fsp3) is 0.357. The van der Waals surface area contributed by atoms with Gasteiger partial charge in [0.1, 0.15) is 0 Å². The number of anilines is 1. The summed E-state index contributed by atoms with van der Waals surface area (Å²) in [5, 5.41) is 11.4. The van der Waals surface area contributed by atoms with Crippen LogP contribution in [0.15, 0.2) is 18.2 Å². The van der Waals surface area contributed by atoms with Crippen LogP contribution in [0.2, 0.25) is 0 Å². The Morgan fingerprint density at radius 1 is 1.43 bits per heavy atom. The summed E-state index contributed by atoms with van der Waals surface area (Å²) in [5.41, 5.74) is 1.13. The van der Waals surface area contributed by atoms with Crippen molar-refractivity contribution in [2.24, 2.45) is 5.92 Å². The summed E-state index contributed by atoms with van der Waals surface area (Å²) in [6.45, 7) is 1.54. The molecule has 1 heterocycles. The van der Waals surface area contributed by atoms with Gasteiger partial charge in [-0.25, -0.2) is 18.6 Å². The minimum absolute atomic E-state index is 0.0446. The van der Waals surface area contributed by atoms with Crippen molar-refractivity contribution in [3.05, 3.63) is 24.0 Å². The molecular formula is C14H16F2N4O3. The van der Waals surface area contributed by atoms with Crippen molar-refractivity contribution in [1.29, 1.82) is 0 Å². The fourth-order valence-corrected chi connectivity index (χ4v) is 2.00. The first-order chi connectivity index (χ1) is 10.8. The first-order valence-corrected chi connectivity index (χ1v) is 6.80. The van der Waals surface area contributed by atoms with Gasteiger partial charge in [-0.05, 0) is 18.2 Å². The average Bonchev–Trinajstić information content (AvgIpc) is 2.90. The number of fused-ring (bicyclic) bond motifs is 1. The maximum atomic E-state index is 12.6. The lowest BCUT2D eigenvalue weighted by molar-refractivity contribution is -0.141. The summed E-state index contributed by atoms with van der Waals surface area (Å²) in [6.07, 6.45) is -2.70. The average molecular weight is 326 g/mol. The van der Waals surface area contributed by atoms with E-state index in [1.165, 1.54) is 37.1 Å². The Hall–Kier alpha value is -2.71. The van der Waals surface area contributed by atoms with E-state index in [0.29, 0.717) is 16.7 Å². The summed E-state index contributed by atoms with van der Waals surface area (Å²) in [6, 6.07) is 4.03. The molecule has 9 heteroatoms. The number of urea groups is 1. The molecule has 0 aliphatic rings. The van der Waals surface area contributed by atoms with Gasteiger partial charge in [0.2, 0.25) is 0 Å². The van der Waals surface area contributed by atoms with Crippen molar-refractivity contribution in [1.82, 2.24) is 14.9 Å². The smallest absolute Gasteiger partial charge is 0.321 e. The minimum Gasteiger partial charge on any atom is -0.481 e. The van der Waals surface area contributed by atoms with E-state index in [0.717, 1.165) is 0 Å². The van der Waals surface area contributed by atoms with Crippen LogP contribution in [0.5, 0.6) is 0 Å². The number of aromatic amines is 1. The third kappa shape index (κ3) is 3.93. The van der Waals surface area contributed by atoms with Crippen LogP contribution in [-0.2, 0) is 4.79 Å². The molecule has 1 aromatic carbocycles. The molecule has 0 spiro atoms. The van der Waals surface area contributed by atoms with Crippen LogP contribution < -0.4 is 5.32 Å². The van der Waals surface area contributed by atoms with Gasteiger partial charge in [0.25, 0.3) is 6.43 Å². The molecule has 0 aliphatic heterocycles. The van der Waals surface area contributed by atoms with Crippen molar-refractivity contribution in [3.8, 4) is 0 Å². The summed E-state index contributed by atoms with van der Waals surface area (Å²) in [7, 11) is 1.47. The summed E-state index contributed by atoms with van der Waals surface area (Å²) >= 11 is 0. The lowest BCUT2D eigenvalue weighted by atomic mass is 10.2. The topological polar surface area (TPSA) is 98.3 Å². The molecule has 0 radical (unpaired) electrons. The molecule has 2 rings (SSSR count). The van der Waals surface area contributed by atoms with Crippen LogP contribution in [0.4, 0.5) is 19.3 Å². The number of aliphatic carboxylic acids is 1. The van der Waals surface area contributed by atoms with Crippen molar-refractivity contribution < 1.29 is 23.5 Å². The highest BCUT2D eigenvalue weighted by Crippen LogP contribution is 2.22. The van der Waals surface area contributed by atoms with E-state index in [-0.39, 0.29) is 6.54 Å². The Balaban J connectivity index is 2.08. The standard InChI is InChI=1S/C14H16F2N4O3/c1-7(13(21)22)6-20(2)14(23)17-8-3-4-9-10(5-8)19-12(18-9)11(15)16/h3-5,7,11H,6H2,1-2H3,(H,17,23)(H,18,19)(H,21,22). The Bertz CT molecular complexity index is 732. The first-order valence-electron chi connectivity index (χ1n) is 6.80. The van der Waals surface area contributed by atoms with Crippen LogP contribution in [0, 0.1) is 5.92 Å². The molecule has 3 N–H and O–H groups in total. The van der Waals surface area contributed by atoms with Gasteiger partial charge >= 0.3 is 12.0 Å². The fourth-order valence-electron chi connectivity index (χ4n) is 2.00. The molecule has 0 fully saturated rings. The number of hydrogen-bond acceptors (Lipinski definition) is 3. The summed E-state index contributed by atoms with van der Waals surface area (Å²) < 4.78 is 25.2. The van der Waals surface area contributed by atoms with E-state index in [1.54, 1.807) is 0 Å². The number of amides is 2. The number of carbonyl (C=O) groups is 2. The molecule has 2 aromatic rings. The van der Waals surface area contributed by atoms with Crippen LogP contribution in [0.25, 0.3) is 11.0 Å². The second kappa shape index (κ2) is 6.59. The number of rotatable bonds is 5. The van der Waals surface area contributed by atoms with Gasteiger partial charge in [-0.2, -0.15) is 0 Å². The molecule has 2 amide bonds. The number of imidazole rings is 1. The number of carboxylic acids is 1. The molecule has 1 aromatic heterocycles. The summed E-state index contributed by atoms with van der Waals surface area (Å²) in [4.78, 5) is 30.2. The number of nitrogens with zero attached hydrogens (tertiary/aromatic N) is 2. The van der Waals surface area contributed by atoms with Gasteiger partial charge in [0.15, 0.2) is 5.82 Å². The zero-order valence-electron chi connectivity index (χ0n) is 12.5. The lowest BCUT2D eigenvalue weighted by Gasteiger charge is -2.20. The third-order valence-electron chi connectivity index (χ3n) is 3.27. The number of hydrogen-bond donors (Lipinski definition) is 3. The predicted molar refractivity (Wildman–Crippen MR) is 79.5 cm³/mol. The molecule has 1 atom stereocenters. The zero-order valence-corrected chi connectivity index (χ0v) is 12.5. The Morgan fingerprint density at radius 2 is 2.13 bits per heavy atom. The van der Waals surface area contributed by atoms with Crippen molar-refractivity contribution in [2.75, 3.05) is 18.9 Å². The third-order valence-corrected chi connectivity index (χ3v) is 3.27. The van der Waals surface area contributed by atoms with E-state index in [4.69, 9.17) is 5.11 Å². The Kier molecular flexibility index (Phi) is 4.77. The summed E-state index contributed by atoms with van der Waals surface area (Å²) in [5.74, 6) is -2.13. The molecule has 7 nitrogen and oxygen atoms in total. The number of carboxylic acid groups (broad SMARTS) is 1. The Morgan fingerprint density at radius 3 is 2.74 bits per heavy atom. The van der Waals surface area contributed by atoms with Crippen molar-refractivity contribution in [2.45, 2.75) is 13.3 Å². The molecule has 0 aliphatic carbocycles. The highest BCUT2D eigenvalue weighted by molar-refractivity contribution is 5.92. The zero-order chi connectivity index (χ0) is 17.1. The van der Waals surface area contributed by atoms with Crippen LogP contribution in [-0.4, -0.2) is 45.6 Å². The second-order valence-electron chi connectivity index (χ2n) is 5.20. The van der Waals surface area contributed by atoms with Crippen molar-refractivity contribution in [3.63, 3.8) is 0 Å². The van der Waals surface area contributed by atoms with Gasteiger partial charge in [0, 0.05) is 19.3 Å². The quantitative estimate of drug-likeness (QED) is 0.786. The SMILES string of the molecule is CC(CN(C)C(=O)Nc1ccc2nc(C(F)F)[nH]c2c1)C(=O)O. The largest absolute Gasteiger partial charge is 0.481 e. The maximum Gasteiger partial charge on any atom is 0.321 e. The minimum atomic E-state index is -2.70. The van der Waals surface area contributed by atoms with E-state index < -0.39 is 30.2 Å². The molecular weight excluding hydrogens is 310 g/mol. The molecule has 1 unspecified atom stereocenters. The van der Waals surface area contributed by atoms with E-state index in [1.807, 2.05) is 0 Å². The highest BCUT2D eigenvalue weighted by Gasteiger charge is 2.18. The number of alkyl halides is 2. The van der Waals surface area contributed by atoms with E-state index >= 15 is 0 Å². The van der Waals surface area contributed by atoms with Crippen LogP contribution in [0.3, 0.4) is 0 Å². The van der Waals surface area contributed by atoms with Crippen molar-refractivity contribution >= 4 is 28.7 Å². The number of H-pyrrole nitrogens is 1. The second-order valence-corrected chi connectivity index (χ2v) is 5.20. The highest BCUT2D eigenvalue weighted by atomic mass is 19.3. The van der Waals surface area contributed by atoms with E-state index in [2.05, 4.69) is 15.3 Å². The normalized spacial score (nSPS) is 12.4. The number of carbonyl (C=O) groups excluding carboxylic acids is 1. The molecule has 0 saturated heterocycles. The van der Waals surface area contributed by atoms with E-state index in [9.17, 15) is 18.4 Å². The molecule has 23 heavy (non-hydrogen) atoms. The van der Waals surface area contributed by atoms with Crippen LogP contribution in [0.1, 0.15) is 19.2 Å². The number of benzene rings is 1. The molecule has 124 valence electrons. The Labute approximate surface area is 130 Å². The predicted octanol–water partition coefficient (Wildman–Crippen LogP) is 2.68. The van der Waals surface area contributed by atoms with Gasteiger partial charge in [-0.3, -0.25) is 4.79 Å². The monoisotopic (exact) mass is 326 g/mol. The van der Waals surface area contributed by atoms with Gasteiger partial charge in [0.05, 0.1) is 17.0 Å². The number of halogens is 2. The van der Waals surface area contributed by atoms with Crippen LogP contribution >= 0.6 is 0 Å².